The number of rotatable bonds is 3. The van der Waals surface area contributed by atoms with Gasteiger partial charge in [-0.25, -0.2) is 9.97 Å². The maximum atomic E-state index is 5.28. The third-order valence-electron chi connectivity index (χ3n) is 9.41. The van der Waals surface area contributed by atoms with Gasteiger partial charge in [0, 0.05) is 27.1 Å². The lowest BCUT2D eigenvalue weighted by atomic mass is 9.81. The van der Waals surface area contributed by atoms with Crippen LogP contribution in [0.3, 0.4) is 0 Å². The quantitative estimate of drug-likeness (QED) is 0.214. The Labute approximate surface area is 256 Å². The molecule has 44 heavy (non-hydrogen) atoms. The molecule has 2 heterocycles. The molecule has 0 fully saturated rings. The molecule has 3 heteroatoms. The van der Waals surface area contributed by atoms with Crippen molar-refractivity contribution in [3.05, 3.63) is 151 Å². The van der Waals surface area contributed by atoms with Gasteiger partial charge in [-0.05, 0) is 63.7 Å². The van der Waals surface area contributed by atoms with Crippen LogP contribution < -0.4 is 0 Å². The van der Waals surface area contributed by atoms with Crippen LogP contribution in [0.5, 0.6) is 0 Å². The first-order valence-electron chi connectivity index (χ1n) is 15.2. The first kappa shape index (κ1) is 25.0. The lowest BCUT2D eigenvalue weighted by Gasteiger charge is -2.22. The summed E-state index contributed by atoms with van der Waals surface area (Å²) in [5.41, 5.74) is 12.9. The van der Waals surface area contributed by atoms with Gasteiger partial charge in [-0.1, -0.05) is 123 Å². The Morgan fingerprint density at radius 1 is 0.477 bits per heavy atom. The van der Waals surface area contributed by atoms with E-state index in [4.69, 9.17) is 9.97 Å². The molecule has 1 aliphatic rings. The van der Waals surface area contributed by atoms with Crippen LogP contribution in [-0.4, -0.2) is 14.5 Å². The Morgan fingerprint density at radius 3 is 1.93 bits per heavy atom. The largest absolute Gasteiger partial charge is 0.278 e. The van der Waals surface area contributed by atoms with Crippen LogP contribution in [0.4, 0.5) is 0 Å². The van der Waals surface area contributed by atoms with Crippen molar-refractivity contribution in [3.63, 3.8) is 0 Å². The molecule has 0 radical (unpaired) electrons. The first-order valence-corrected chi connectivity index (χ1v) is 15.2. The topological polar surface area (TPSA) is 30.7 Å². The lowest BCUT2D eigenvalue weighted by molar-refractivity contribution is 0.661. The third kappa shape index (κ3) is 3.56. The van der Waals surface area contributed by atoms with E-state index in [1.165, 1.54) is 44.2 Å². The Balaban J connectivity index is 1.33. The van der Waals surface area contributed by atoms with Crippen LogP contribution in [0, 0.1) is 0 Å². The van der Waals surface area contributed by atoms with Crippen molar-refractivity contribution in [3.8, 4) is 39.5 Å². The number of aromatic nitrogens is 3. The Bertz CT molecular complexity index is 2400. The van der Waals surface area contributed by atoms with E-state index in [1.807, 2.05) is 6.07 Å². The molecule has 0 saturated carbocycles. The molecule has 0 atom stereocenters. The van der Waals surface area contributed by atoms with Crippen molar-refractivity contribution in [2.75, 3.05) is 0 Å². The molecule has 0 unspecified atom stereocenters. The molecule has 3 nitrogen and oxygen atoms in total. The molecule has 208 valence electrons. The highest BCUT2D eigenvalue weighted by atomic mass is 15.2. The zero-order valence-corrected chi connectivity index (χ0v) is 24.6. The van der Waals surface area contributed by atoms with Gasteiger partial charge in [0.2, 0.25) is 5.95 Å². The van der Waals surface area contributed by atoms with Crippen molar-refractivity contribution in [2.45, 2.75) is 19.3 Å². The van der Waals surface area contributed by atoms with Gasteiger partial charge < -0.3 is 0 Å². The molecule has 0 amide bonds. The molecule has 0 saturated heterocycles. The van der Waals surface area contributed by atoms with E-state index >= 15 is 0 Å². The number of benzene rings is 6. The molecule has 0 spiro atoms. The summed E-state index contributed by atoms with van der Waals surface area (Å²) >= 11 is 0. The van der Waals surface area contributed by atoms with Crippen LogP contribution in [-0.2, 0) is 5.41 Å². The van der Waals surface area contributed by atoms with Crippen LogP contribution in [0.25, 0.3) is 72.2 Å². The van der Waals surface area contributed by atoms with E-state index in [2.05, 4.69) is 152 Å². The van der Waals surface area contributed by atoms with Gasteiger partial charge in [-0.2, -0.15) is 0 Å². The molecular weight excluding hydrogens is 534 g/mol. The number of hydrogen-bond acceptors (Lipinski definition) is 2. The second kappa shape index (κ2) is 9.23. The molecule has 2 aromatic heterocycles. The molecule has 0 aliphatic heterocycles. The summed E-state index contributed by atoms with van der Waals surface area (Å²) in [7, 11) is 0. The van der Waals surface area contributed by atoms with E-state index in [9.17, 15) is 0 Å². The Hall–Kier alpha value is -5.54. The van der Waals surface area contributed by atoms with E-state index in [0.717, 1.165) is 33.2 Å². The molecule has 0 bridgehead atoms. The predicted molar refractivity (Wildman–Crippen MR) is 182 cm³/mol. The maximum Gasteiger partial charge on any atom is 0.235 e. The highest BCUT2D eigenvalue weighted by Gasteiger charge is 2.36. The number of fused-ring (bicyclic) bond motifs is 7. The Morgan fingerprint density at radius 2 is 1.14 bits per heavy atom. The van der Waals surface area contributed by atoms with E-state index in [-0.39, 0.29) is 5.41 Å². The van der Waals surface area contributed by atoms with Crippen LogP contribution in [0.2, 0.25) is 0 Å². The normalized spacial score (nSPS) is 13.4. The fraction of sp³-hybridized carbons (Fsp3) is 0.0732. The van der Waals surface area contributed by atoms with Crippen molar-refractivity contribution >= 4 is 32.7 Å². The van der Waals surface area contributed by atoms with Gasteiger partial charge in [0.15, 0.2) is 0 Å². The molecule has 1 aliphatic carbocycles. The average molecular weight is 564 g/mol. The summed E-state index contributed by atoms with van der Waals surface area (Å²) in [6, 6.07) is 49.8. The van der Waals surface area contributed by atoms with Crippen molar-refractivity contribution in [2.24, 2.45) is 0 Å². The van der Waals surface area contributed by atoms with Crippen molar-refractivity contribution in [1.29, 1.82) is 0 Å². The standard InChI is InChI=1S/C41H29N3/c1-41(2)34-23-28(26-13-5-3-6-14-26)21-22-29(34)32-25-38-33(24-35(32)41)30-17-10-12-20-37(30)44(38)40-42-36-19-11-9-18-31(36)39(43-40)27-15-7-4-8-16-27/h3-25H,1-2H3. The van der Waals surface area contributed by atoms with Crippen LogP contribution in [0.1, 0.15) is 25.0 Å². The zero-order valence-electron chi connectivity index (χ0n) is 24.6. The highest BCUT2D eigenvalue weighted by Crippen LogP contribution is 2.52. The third-order valence-corrected chi connectivity index (χ3v) is 9.41. The molecule has 9 rings (SSSR count). The van der Waals surface area contributed by atoms with Gasteiger partial charge >= 0.3 is 0 Å². The monoisotopic (exact) mass is 563 g/mol. The SMILES string of the molecule is CC1(C)c2cc(-c3ccccc3)ccc2-c2cc3c(cc21)c1ccccc1n3-c1nc(-c2ccccc2)c2ccccc2n1. The minimum absolute atomic E-state index is 0.132. The van der Waals surface area contributed by atoms with E-state index in [1.54, 1.807) is 0 Å². The summed E-state index contributed by atoms with van der Waals surface area (Å²) in [6.07, 6.45) is 0. The lowest BCUT2D eigenvalue weighted by Crippen LogP contribution is -2.15. The maximum absolute atomic E-state index is 5.28. The number of nitrogens with zero attached hydrogens (tertiary/aromatic N) is 3. The van der Waals surface area contributed by atoms with Crippen LogP contribution in [0.15, 0.2) is 140 Å². The average Bonchev–Trinajstić information content (AvgIpc) is 3.52. The second-order valence-electron chi connectivity index (χ2n) is 12.3. The summed E-state index contributed by atoms with van der Waals surface area (Å²) in [5, 5.41) is 3.48. The van der Waals surface area contributed by atoms with Crippen molar-refractivity contribution < 1.29 is 0 Å². The van der Waals surface area contributed by atoms with Gasteiger partial charge in [0.25, 0.3) is 0 Å². The minimum atomic E-state index is -0.132. The highest BCUT2D eigenvalue weighted by molar-refractivity contribution is 6.11. The van der Waals surface area contributed by atoms with E-state index in [0.29, 0.717) is 5.95 Å². The van der Waals surface area contributed by atoms with Gasteiger partial charge in [-0.15, -0.1) is 0 Å². The number of hydrogen-bond donors (Lipinski definition) is 0. The first-order chi connectivity index (χ1) is 21.6. The van der Waals surface area contributed by atoms with Gasteiger partial charge in [0.05, 0.1) is 22.2 Å². The predicted octanol–water partition coefficient (Wildman–Crippen LogP) is 10.4. The van der Waals surface area contributed by atoms with Crippen molar-refractivity contribution in [1.82, 2.24) is 14.5 Å². The molecular formula is C41H29N3. The molecule has 6 aromatic carbocycles. The Kier molecular flexibility index (Phi) is 5.24. The summed E-state index contributed by atoms with van der Waals surface area (Å²) < 4.78 is 2.26. The fourth-order valence-corrected chi connectivity index (χ4v) is 7.20. The molecule has 0 N–H and O–H groups in total. The summed E-state index contributed by atoms with van der Waals surface area (Å²) in [4.78, 5) is 10.4. The summed E-state index contributed by atoms with van der Waals surface area (Å²) in [5.74, 6) is 0.686. The van der Waals surface area contributed by atoms with E-state index < -0.39 is 0 Å². The van der Waals surface area contributed by atoms with Crippen LogP contribution >= 0.6 is 0 Å². The minimum Gasteiger partial charge on any atom is -0.278 e. The molecule has 8 aromatic rings. The van der Waals surface area contributed by atoms with Gasteiger partial charge in [-0.3, -0.25) is 4.57 Å². The smallest absolute Gasteiger partial charge is 0.235 e. The second-order valence-corrected chi connectivity index (χ2v) is 12.3. The number of para-hydroxylation sites is 2. The van der Waals surface area contributed by atoms with Gasteiger partial charge in [0.1, 0.15) is 0 Å². The summed E-state index contributed by atoms with van der Waals surface area (Å²) in [6.45, 7) is 4.71. The fourth-order valence-electron chi connectivity index (χ4n) is 7.20. The zero-order chi connectivity index (χ0) is 29.4.